The Labute approximate surface area is 147 Å². The smallest absolute Gasteiger partial charge is 0.410 e. The molecule has 0 bridgehead atoms. The van der Waals surface area contributed by atoms with Gasteiger partial charge in [-0.15, -0.1) is 0 Å². The molecule has 1 atom stereocenters. The van der Waals surface area contributed by atoms with Crippen molar-refractivity contribution < 1.29 is 14.3 Å². The predicted molar refractivity (Wildman–Crippen MR) is 94.6 cm³/mol. The zero-order valence-corrected chi connectivity index (χ0v) is 15.1. The predicted octanol–water partition coefficient (Wildman–Crippen LogP) is 3.52. The maximum absolute atomic E-state index is 12.4. The van der Waals surface area contributed by atoms with Gasteiger partial charge < -0.3 is 19.4 Å². The van der Waals surface area contributed by atoms with Crippen molar-refractivity contribution in [2.45, 2.75) is 58.1 Å². The van der Waals surface area contributed by atoms with Crippen molar-refractivity contribution >= 4 is 17.3 Å². The molecule has 0 saturated carbocycles. The van der Waals surface area contributed by atoms with Gasteiger partial charge >= 0.3 is 6.09 Å². The average molecular weight is 346 g/mol. The normalized spacial score (nSPS) is 18.4. The van der Waals surface area contributed by atoms with E-state index in [1.165, 1.54) is 0 Å². The molecular formula is C18H26N4O3. The Balaban J connectivity index is 1.55. The van der Waals surface area contributed by atoms with Crippen LogP contribution in [0, 0.1) is 0 Å². The summed E-state index contributed by atoms with van der Waals surface area (Å²) in [5, 5.41) is 0. The van der Waals surface area contributed by atoms with E-state index in [2.05, 4.69) is 15.0 Å². The topological polar surface area (TPSA) is 80.3 Å². The summed E-state index contributed by atoms with van der Waals surface area (Å²) in [5.74, 6) is 0. The molecule has 136 valence electrons. The molecule has 1 saturated heterocycles. The van der Waals surface area contributed by atoms with Crippen molar-refractivity contribution in [3.8, 4) is 6.01 Å². The molecule has 1 amide bonds. The number of ether oxygens (including phenoxy) is 2. The first-order valence-electron chi connectivity index (χ1n) is 8.85. The Hall–Kier alpha value is -2.31. The molecule has 3 rings (SSSR count). The number of nitrogens with one attached hydrogen (secondary N) is 1. The van der Waals surface area contributed by atoms with E-state index in [9.17, 15) is 4.79 Å². The standard InChI is InChI=1S/C18H26N4O3/c1-18(2,3)25-17(23)22-11-5-4-7-13(22)9-12-24-16-20-14-8-6-10-19-15(14)21-16/h6,8,10,13H,4-5,7,9,11-12H2,1-3H3,(H,19,20,21). The van der Waals surface area contributed by atoms with E-state index in [1.54, 1.807) is 6.20 Å². The zero-order chi connectivity index (χ0) is 17.9. The van der Waals surface area contributed by atoms with E-state index in [-0.39, 0.29) is 12.1 Å². The number of carbonyl (C=O) groups is 1. The van der Waals surface area contributed by atoms with Crippen molar-refractivity contribution in [3.63, 3.8) is 0 Å². The number of imidazole rings is 1. The summed E-state index contributed by atoms with van der Waals surface area (Å²) in [7, 11) is 0. The van der Waals surface area contributed by atoms with Crippen LogP contribution in [-0.2, 0) is 4.74 Å². The van der Waals surface area contributed by atoms with Gasteiger partial charge in [-0.1, -0.05) is 0 Å². The minimum atomic E-state index is -0.475. The van der Waals surface area contributed by atoms with Gasteiger partial charge in [-0.3, -0.25) is 0 Å². The SMILES string of the molecule is CC(C)(C)OC(=O)N1CCCCC1CCOc1nc2ncccc2[nH]1. The lowest BCUT2D eigenvalue weighted by Gasteiger charge is -2.36. The quantitative estimate of drug-likeness (QED) is 0.916. The molecule has 1 fully saturated rings. The molecule has 1 aliphatic rings. The molecule has 0 aliphatic carbocycles. The van der Waals surface area contributed by atoms with Gasteiger partial charge in [0.05, 0.1) is 12.1 Å². The minimum absolute atomic E-state index is 0.145. The zero-order valence-electron chi connectivity index (χ0n) is 15.1. The fourth-order valence-electron chi connectivity index (χ4n) is 3.04. The number of fused-ring (bicyclic) bond motifs is 1. The van der Waals surface area contributed by atoms with Crippen molar-refractivity contribution in [2.75, 3.05) is 13.2 Å². The van der Waals surface area contributed by atoms with Crippen molar-refractivity contribution in [1.29, 1.82) is 0 Å². The summed E-state index contributed by atoms with van der Waals surface area (Å²) in [6.07, 6.45) is 5.34. The second kappa shape index (κ2) is 7.29. The van der Waals surface area contributed by atoms with Gasteiger partial charge in [-0.05, 0) is 52.2 Å². The number of hydrogen-bond donors (Lipinski definition) is 1. The highest BCUT2D eigenvalue weighted by Crippen LogP contribution is 2.23. The molecule has 1 unspecified atom stereocenters. The fraction of sp³-hybridized carbons (Fsp3) is 0.611. The second-order valence-electron chi connectivity index (χ2n) is 7.38. The van der Waals surface area contributed by atoms with Crippen LogP contribution < -0.4 is 4.74 Å². The first-order valence-corrected chi connectivity index (χ1v) is 8.85. The number of likely N-dealkylation sites (tertiary alicyclic amines) is 1. The van der Waals surface area contributed by atoms with Crippen LogP contribution in [0.5, 0.6) is 6.01 Å². The third-order valence-corrected chi connectivity index (χ3v) is 4.18. The lowest BCUT2D eigenvalue weighted by molar-refractivity contribution is 0.00734. The van der Waals surface area contributed by atoms with Crippen LogP contribution in [0.25, 0.3) is 11.2 Å². The number of H-pyrrole nitrogens is 1. The number of pyridine rings is 1. The summed E-state index contributed by atoms with van der Waals surface area (Å²) in [6, 6.07) is 4.37. The number of aromatic nitrogens is 3. The number of carbonyl (C=O) groups excluding carboxylic acids is 1. The van der Waals surface area contributed by atoms with Gasteiger partial charge in [0.15, 0.2) is 5.65 Å². The van der Waals surface area contributed by atoms with Crippen LogP contribution >= 0.6 is 0 Å². The number of nitrogens with zero attached hydrogens (tertiary/aromatic N) is 3. The molecule has 1 aliphatic heterocycles. The van der Waals surface area contributed by atoms with Crippen molar-refractivity contribution in [1.82, 2.24) is 19.9 Å². The largest absolute Gasteiger partial charge is 0.465 e. The van der Waals surface area contributed by atoms with Gasteiger partial charge in [-0.2, -0.15) is 4.98 Å². The van der Waals surface area contributed by atoms with Crippen LogP contribution in [0.15, 0.2) is 18.3 Å². The van der Waals surface area contributed by atoms with Gasteiger partial charge in [0.1, 0.15) is 5.60 Å². The van der Waals surface area contributed by atoms with Crippen LogP contribution in [0.4, 0.5) is 4.79 Å². The van der Waals surface area contributed by atoms with E-state index in [1.807, 2.05) is 37.8 Å². The molecular weight excluding hydrogens is 320 g/mol. The number of hydrogen-bond acceptors (Lipinski definition) is 5. The highest BCUT2D eigenvalue weighted by molar-refractivity contribution is 5.70. The fourth-order valence-corrected chi connectivity index (χ4v) is 3.04. The second-order valence-corrected chi connectivity index (χ2v) is 7.38. The van der Waals surface area contributed by atoms with Gasteiger partial charge in [0.25, 0.3) is 6.01 Å². The van der Waals surface area contributed by atoms with E-state index in [0.29, 0.717) is 18.3 Å². The number of piperidine rings is 1. The summed E-state index contributed by atoms with van der Waals surface area (Å²) in [4.78, 5) is 25.8. The number of rotatable bonds is 4. The van der Waals surface area contributed by atoms with E-state index in [4.69, 9.17) is 9.47 Å². The Morgan fingerprint density at radius 2 is 2.24 bits per heavy atom. The Morgan fingerprint density at radius 3 is 3.00 bits per heavy atom. The van der Waals surface area contributed by atoms with Crippen LogP contribution in [0.2, 0.25) is 0 Å². The Morgan fingerprint density at radius 1 is 1.40 bits per heavy atom. The minimum Gasteiger partial charge on any atom is -0.465 e. The maximum Gasteiger partial charge on any atom is 0.410 e. The monoisotopic (exact) mass is 346 g/mol. The molecule has 25 heavy (non-hydrogen) atoms. The van der Waals surface area contributed by atoms with E-state index >= 15 is 0 Å². The first-order chi connectivity index (χ1) is 11.9. The molecule has 3 heterocycles. The summed E-state index contributed by atoms with van der Waals surface area (Å²) >= 11 is 0. The van der Waals surface area contributed by atoms with E-state index in [0.717, 1.165) is 37.7 Å². The Bertz CT molecular complexity index is 689. The van der Waals surface area contributed by atoms with Crippen LogP contribution in [0.3, 0.4) is 0 Å². The molecule has 0 aromatic carbocycles. The van der Waals surface area contributed by atoms with E-state index < -0.39 is 5.60 Å². The third kappa shape index (κ3) is 4.61. The molecule has 0 spiro atoms. The third-order valence-electron chi connectivity index (χ3n) is 4.18. The van der Waals surface area contributed by atoms with Gasteiger partial charge in [0, 0.05) is 25.2 Å². The summed E-state index contributed by atoms with van der Waals surface area (Å²) in [5.41, 5.74) is 1.02. The molecule has 0 radical (unpaired) electrons. The number of aromatic amines is 1. The van der Waals surface area contributed by atoms with Crippen molar-refractivity contribution in [3.05, 3.63) is 18.3 Å². The first kappa shape index (κ1) is 17.5. The molecule has 2 aromatic rings. The van der Waals surface area contributed by atoms with Crippen LogP contribution in [0.1, 0.15) is 46.5 Å². The summed E-state index contributed by atoms with van der Waals surface area (Å²) in [6.45, 7) is 6.91. The highest BCUT2D eigenvalue weighted by Gasteiger charge is 2.30. The van der Waals surface area contributed by atoms with Crippen molar-refractivity contribution in [2.24, 2.45) is 0 Å². The highest BCUT2D eigenvalue weighted by atomic mass is 16.6. The van der Waals surface area contributed by atoms with Gasteiger partial charge in [0.2, 0.25) is 0 Å². The summed E-state index contributed by atoms with van der Waals surface area (Å²) < 4.78 is 11.3. The number of amides is 1. The Kier molecular flexibility index (Phi) is 5.11. The lowest BCUT2D eigenvalue weighted by Crippen LogP contribution is -2.46. The van der Waals surface area contributed by atoms with Crippen LogP contribution in [-0.4, -0.2) is 50.7 Å². The van der Waals surface area contributed by atoms with Gasteiger partial charge in [-0.25, -0.2) is 9.78 Å². The molecule has 7 nitrogen and oxygen atoms in total. The molecule has 1 N–H and O–H groups in total. The molecule has 2 aromatic heterocycles. The average Bonchev–Trinajstić information content (AvgIpc) is 2.96. The maximum atomic E-state index is 12.4. The lowest BCUT2D eigenvalue weighted by atomic mass is 10.0. The molecule has 7 heteroatoms.